The second-order valence-corrected chi connectivity index (χ2v) is 6.06. The Morgan fingerprint density at radius 3 is 2.74 bits per heavy atom. The molecule has 1 amide bonds. The summed E-state index contributed by atoms with van der Waals surface area (Å²) in [4.78, 5) is 11.9. The van der Waals surface area contributed by atoms with E-state index in [1.165, 1.54) is 12.1 Å². The topological polar surface area (TPSA) is 29.1 Å². The van der Waals surface area contributed by atoms with Crippen LogP contribution in [0, 0.1) is 9.39 Å². The molecule has 0 aromatic heterocycles. The lowest BCUT2D eigenvalue weighted by Gasteiger charge is -2.07. The third-order valence-corrected chi connectivity index (χ3v) is 3.84. The van der Waals surface area contributed by atoms with Gasteiger partial charge in [0.25, 0.3) is 0 Å². The molecule has 0 spiro atoms. The number of hydrogen-bond acceptors (Lipinski definition) is 1. The number of anilines is 1. The summed E-state index contributed by atoms with van der Waals surface area (Å²) in [7, 11) is 0. The molecule has 2 aromatic carbocycles. The average Bonchev–Trinajstić information content (AvgIpc) is 2.33. The molecule has 0 aliphatic heterocycles. The zero-order valence-electron chi connectivity index (χ0n) is 9.79. The largest absolute Gasteiger partial charge is 0.325 e. The lowest BCUT2D eigenvalue weighted by atomic mass is 10.1. The van der Waals surface area contributed by atoms with Crippen molar-refractivity contribution in [3.05, 3.63) is 61.9 Å². The van der Waals surface area contributed by atoms with Gasteiger partial charge in [-0.3, -0.25) is 4.79 Å². The van der Waals surface area contributed by atoms with Crippen molar-refractivity contribution in [1.82, 2.24) is 0 Å². The van der Waals surface area contributed by atoms with E-state index < -0.39 is 0 Å². The fraction of sp³-hybridized carbons (Fsp3) is 0.0714. The smallest absolute Gasteiger partial charge is 0.228 e. The van der Waals surface area contributed by atoms with Crippen molar-refractivity contribution in [1.29, 1.82) is 0 Å². The molecule has 0 radical (unpaired) electrons. The molecule has 0 unspecified atom stereocenters. The number of nitrogens with one attached hydrogen (secondary N) is 1. The van der Waals surface area contributed by atoms with Crippen LogP contribution in [0.2, 0.25) is 0 Å². The maximum atomic E-state index is 13.0. The van der Waals surface area contributed by atoms with Crippen molar-refractivity contribution in [2.75, 3.05) is 5.32 Å². The van der Waals surface area contributed by atoms with Gasteiger partial charge in [-0.15, -0.1) is 0 Å². The summed E-state index contributed by atoms with van der Waals surface area (Å²) >= 11 is 5.36. The van der Waals surface area contributed by atoms with Gasteiger partial charge in [-0.1, -0.05) is 28.1 Å². The number of amides is 1. The molecule has 19 heavy (non-hydrogen) atoms. The van der Waals surface area contributed by atoms with Gasteiger partial charge in [0.15, 0.2) is 0 Å². The van der Waals surface area contributed by atoms with Crippen molar-refractivity contribution >= 4 is 50.1 Å². The van der Waals surface area contributed by atoms with Gasteiger partial charge in [0.2, 0.25) is 5.91 Å². The maximum absolute atomic E-state index is 13.0. The van der Waals surface area contributed by atoms with Crippen molar-refractivity contribution in [2.24, 2.45) is 0 Å². The van der Waals surface area contributed by atoms with Crippen LogP contribution in [0.4, 0.5) is 10.1 Å². The molecule has 2 rings (SSSR count). The standard InChI is InChI=1S/C14H10BrFINO/c15-10-3-1-2-9(6-10)7-14(19)18-13-5-4-11(16)8-12(13)17/h1-6,8H,7H2,(H,18,19). The molecule has 0 aliphatic rings. The molecule has 0 atom stereocenters. The highest BCUT2D eigenvalue weighted by Crippen LogP contribution is 2.19. The minimum Gasteiger partial charge on any atom is -0.325 e. The molecule has 0 saturated carbocycles. The van der Waals surface area contributed by atoms with Crippen LogP contribution in [0.1, 0.15) is 5.56 Å². The summed E-state index contributed by atoms with van der Waals surface area (Å²) in [6.07, 6.45) is 0.285. The fourth-order valence-electron chi connectivity index (χ4n) is 1.62. The van der Waals surface area contributed by atoms with Gasteiger partial charge in [0.05, 0.1) is 12.1 Å². The third kappa shape index (κ3) is 4.28. The van der Waals surface area contributed by atoms with Gasteiger partial charge in [-0.2, -0.15) is 0 Å². The van der Waals surface area contributed by atoms with E-state index >= 15 is 0 Å². The Balaban J connectivity index is 2.05. The molecule has 0 saturated heterocycles. The highest BCUT2D eigenvalue weighted by molar-refractivity contribution is 14.1. The lowest BCUT2D eigenvalue weighted by molar-refractivity contribution is -0.115. The zero-order valence-corrected chi connectivity index (χ0v) is 13.5. The Kier molecular flexibility index (Phi) is 4.93. The molecule has 2 aromatic rings. The number of carbonyl (C=O) groups excluding carboxylic acids is 1. The predicted molar refractivity (Wildman–Crippen MR) is 85.6 cm³/mol. The molecule has 0 aliphatic carbocycles. The SMILES string of the molecule is O=C(Cc1cccc(Br)c1)Nc1ccc(F)cc1I. The van der Waals surface area contributed by atoms with Gasteiger partial charge in [0.1, 0.15) is 5.82 Å². The first-order valence-corrected chi connectivity index (χ1v) is 7.41. The third-order valence-electron chi connectivity index (χ3n) is 2.46. The van der Waals surface area contributed by atoms with Crippen molar-refractivity contribution in [3.8, 4) is 0 Å². The van der Waals surface area contributed by atoms with E-state index in [-0.39, 0.29) is 18.1 Å². The van der Waals surface area contributed by atoms with Crippen LogP contribution in [0.5, 0.6) is 0 Å². The van der Waals surface area contributed by atoms with Crippen molar-refractivity contribution in [2.45, 2.75) is 6.42 Å². The molecule has 0 bridgehead atoms. The Bertz CT molecular complexity index is 618. The molecular weight excluding hydrogens is 424 g/mol. The van der Waals surface area contributed by atoms with Crippen molar-refractivity contribution < 1.29 is 9.18 Å². The average molecular weight is 434 g/mol. The van der Waals surface area contributed by atoms with Crippen molar-refractivity contribution in [3.63, 3.8) is 0 Å². The summed E-state index contributed by atoms with van der Waals surface area (Å²) in [5, 5.41) is 2.78. The number of benzene rings is 2. The van der Waals surface area contributed by atoms with E-state index in [1.54, 1.807) is 6.07 Å². The lowest BCUT2D eigenvalue weighted by Crippen LogP contribution is -2.15. The fourth-order valence-corrected chi connectivity index (χ4v) is 2.68. The molecule has 5 heteroatoms. The Morgan fingerprint density at radius 2 is 2.05 bits per heavy atom. The first-order valence-electron chi connectivity index (χ1n) is 5.54. The van der Waals surface area contributed by atoms with Gasteiger partial charge < -0.3 is 5.32 Å². The monoisotopic (exact) mass is 433 g/mol. The van der Waals surface area contributed by atoms with Gasteiger partial charge >= 0.3 is 0 Å². The molecule has 1 N–H and O–H groups in total. The van der Waals surface area contributed by atoms with E-state index in [4.69, 9.17) is 0 Å². The molecule has 0 fully saturated rings. The number of hydrogen-bond donors (Lipinski definition) is 1. The van der Waals surface area contributed by atoms with E-state index in [0.717, 1.165) is 10.0 Å². The highest BCUT2D eigenvalue weighted by atomic mass is 127. The molecule has 98 valence electrons. The van der Waals surface area contributed by atoms with Crippen LogP contribution in [-0.4, -0.2) is 5.91 Å². The summed E-state index contributed by atoms with van der Waals surface area (Å²) < 4.78 is 14.6. The Labute approximate surface area is 132 Å². The number of rotatable bonds is 3. The first kappa shape index (κ1) is 14.5. The summed E-state index contributed by atoms with van der Waals surface area (Å²) in [6.45, 7) is 0. The predicted octanol–water partition coefficient (Wildman–Crippen LogP) is 4.37. The second kappa shape index (κ2) is 6.47. The maximum Gasteiger partial charge on any atom is 0.228 e. The van der Waals surface area contributed by atoms with Crippen LogP contribution in [0.15, 0.2) is 46.9 Å². The summed E-state index contributed by atoms with van der Waals surface area (Å²) in [5.74, 6) is -0.433. The first-order chi connectivity index (χ1) is 9.04. The van der Waals surface area contributed by atoms with Crippen LogP contribution in [-0.2, 0) is 11.2 Å². The van der Waals surface area contributed by atoms with Gasteiger partial charge in [0, 0.05) is 8.04 Å². The highest BCUT2D eigenvalue weighted by Gasteiger charge is 2.07. The van der Waals surface area contributed by atoms with E-state index in [1.807, 2.05) is 46.9 Å². The van der Waals surface area contributed by atoms with Crippen LogP contribution in [0.3, 0.4) is 0 Å². The van der Waals surface area contributed by atoms with Crippen LogP contribution >= 0.6 is 38.5 Å². The Morgan fingerprint density at radius 1 is 1.26 bits per heavy atom. The van der Waals surface area contributed by atoms with E-state index in [9.17, 15) is 9.18 Å². The van der Waals surface area contributed by atoms with E-state index in [0.29, 0.717) is 9.26 Å². The molecule has 2 nitrogen and oxygen atoms in total. The Hall–Kier alpha value is -0.950. The zero-order chi connectivity index (χ0) is 13.8. The normalized spacial score (nSPS) is 10.3. The molecule has 0 heterocycles. The second-order valence-electron chi connectivity index (χ2n) is 3.98. The number of carbonyl (C=O) groups is 1. The van der Waals surface area contributed by atoms with Gasteiger partial charge in [-0.05, 0) is 58.5 Å². The molecular formula is C14H10BrFINO. The minimum absolute atomic E-state index is 0.123. The quantitative estimate of drug-likeness (QED) is 0.715. The number of halogens is 3. The van der Waals surface area contributed by atoms with E-state index in [2.05, 4.69) is 21.2 Å². The van der Waals surface area contributed by atoms with Crippen LogP contribution in [0.25, 0.3) is 0 Å². The van der Waals surface area contributed by atoms with Gasteiger partial charge in [-0.25, -0.2) is 4.39 Å². The summed E-state index contributed by atoms with van der Waals surface area (Å²) in [6, 6.07) is 11.9. The summed E-state index contributed by atoms with van der Waals surface area (Å²) in [5.41, 5.74) is 1.55. The minimum atomic E-state index is -0.311. The van der Waals surface area contributed by atoms with Crippen LogP contribution < -0.4 is 5.32 Å².